The Balaban J connectivity index is 1.17. The molecule has 0 radical (unpaired) electrons. The summed E-state index contributed by atoms with van der Waals surface area (Å²) in [4.78, 5) is 29.0. The minimum atomic E-state index is -0.227. The number of hydrogen-bond acceptors (Lipinski definition) is 6. The number of nitrogens with two attached hydrogens (primary N) is 2. The summed E-state index contributed by atoms with van der Waals surface area (Å²) in [5.74, 6) is 1.89. The van der Waals surface area contributed by atoms with E-state index in [0.29, 0.717) is 61.8 Å². The first-order chi connectivity index (χ1) is 17.8. The van der Waals surface area contributed by atoms with E-state index >= 15 is 0 Å². The Labute approximate surface area is 218 Å². The Morgan fingerprint density at radius 2 is 1.89 bits per heavy atom. The van der Waals surface area contributed by atoms with Crippen LogP contribution < -0.4 is 21.1 Å². The quantitative estimate of drug-likeness (QED) is 0.316. The van der Waals surface area contributed by atoms with Gasteiger partial charge in [0.25, 0.3) is 0 Å². The van der Waals surface area contributed by atoms with E-state index in [9.17, 15) is 9.18 Å². The Hall–Kier alpha value is -3.27. The van der Waals surface area contributed by atoms with Crippen molar-refractivity contribution in [2.24, 2.45) is 28.3 Å². The van der Waals surface area contributed by atoms with Crippen LogP contribution in [0.1, 0.15) is 51.0 Å². The molecular formula is C27H38FN7O2. The molecule has 10 heteroatoms. The van der Waals surface area contributed by atoms with Gasteiger partial charge in [-0.15, -0.1) is 0 Å². The van der Waals surface area contributed by atoms with Crippen molar-refractivity contribution < 1.29 is 13.9 Å². The second kappa shape index (κ2) is 12.3. The van der Waals surface area contributed by atoms with Crippen molar-refractivity contribution in [3.8, 4) is 5.75 Å². The minimum Gasteiger partial charge on any atom is -0.490 e. The number of urea groups is 1. The topological polar surface area (TPSA) is 123 Å². The molecular weight excluding hydrogens is 473 g/mol. The number of amides is 2. The number of halogens is 1. The largest absolute Gasteiger partial charge is 0.490 e. The third-order valence-corrected chi connectivity index (χ3v) is 7.29. The number of piperidine rings is 1. The number of anilines is 1. The number of ether oxygens (including phenoxy) is 1. The molecule has 37 heavy (non-hydrogen) atoms. The molecule has 0 bridgehead atoms. The highest BCUT2D eigenvalue weighted by Crippen LogP contribution is 2.30. The Morgan fingerprint density at radius 3 is 2.57 bits per heavy atom. The molecule has 0 spiro atoms. The average Bonchev–Trinajstić information content (AvgIpc) is 3.28. The number of carbonyl (C=O) groups is 1. The van der Waals surface area contributed by atoms with E-state index in [4.69, 9.17) is 16.2 Å². The van der Waals surface area contributed by atoms with E-state index in [2.05, 4.69) is 15.0 Å². The van der Waals surface area contributed by atoms with E-state index in [1.54, 1.807) is 29.4 Å². The second-order valence-corrected chi connectivity index (χ2v) is 10.3. The standard InChI is InChI=1S/C27H38FN7O2/c1-18(2)25(30)33-27(36)34-11-9-19(10-12-34)6-5-13-37-20-14-31-26(32-15-20)35-16-22(24(29)17-35)21-7-3-4-8-23(21)28/h3-4,7-8,14-15,18-19,22,24H,5-6,9-13,16-17,29H2,1-2H3,(H2,30,33,36). The fourth-order valence-corrected chi connectivity index (χ4v) is 4.93. The fraction of sp³-hybridized carbons (Fsp3) is 0.556. The van der Waals surface area contributed by atoms with Gasteiger partial charge in [-0.2, -0.15) is 4.99 Å². The SMILES string of the molecule is CC(C)C(N)=NC(=O)N1CCC(CCCOc2cnc(N3CC(N)C(c4ccccc4F)C3)nc2)CC1. The van der Waals surface area contributed by atoms with Crippen molar-refractivity contribution >= 4 is 17.8 Å². The summed E-state index contributed by atoms with van der Waals surface area (Å²) in [5.41, 5.74) is 12.8. The number of hydrogen-bond donors (Lipinski definition) is 2. The molecule has 2 atom stereocenters. The molecule has 0 aliphatic carbocycles. The molecule has 2 amide bonds. The molecule has 4 rings (SSSR count). The Morgan fingerprint density at radius 1 is 1.19 bits per heavy atom. The highest BCUT2D eigenvalue weighted by molar-refractivity contribution is 5.93. The van der Waals surface area contributed by atoms with Crippen molar-refractivity contribution in [3.05, 3.63) is 48.0 Å². The average molecular weight is 512 g/mol. The molecule has 2 saturated heterocycles. The molecule has 9 nitrogen and oxygen atoms in total. The molecule has 2 aromatic rings. The van der Waals surface area contributed by atoms with Crippen LogP contribution in [0, 0.1) is 17.7 Å². The van der Waals surface area contributed by atoms with Crippen molar-refractivity contribution in [1.82, 2.24) is 14.9 Å². The highest BCUT2D eigenvalue weighted by Gasteiger charge is 2.34. The number of rotatable bonds is 8. The third kappa shape index (κ3) is 6.94. The predicted octanol–water partition coefficient (Wildman–Crippen LogP) is 3.55. The van der Waals surface area contributed by atoms with Crippen LogP contribution in [-0.2, 0) is 0 Å². The van der Waals surface area contributed by atoms with Crippen LogP contribution in [-0.4, -0.2) is 65.6 Å². The van der Waals surface area contributed by atoms with Gasteiger partial charge in [0.15, 0.2) is 5.75 Å². The summed E-state index contributed by atoms with van der Waals surface area (Å²) >= 11 is 0. The second-order valence-electron chi connectivity index (χ2n) is 10.3. The number of nitrogens with zero attached hydrogens (tertiary/aromatic N) is 5. The molecule has 1 aromatic heterocycles. The molecule has 1 aromatic carbocycles. The summed E-state index contributed by atoms with van der Waals surface area (Å²) in [7, 11) is 0. The highest BCUT2D eigenvalue weighted by atomic mass is 19.1. The molecule has 200 valence electrons. The maximum Gasteiger partial charge on any atom is 0.345 e. The molecule has 2 fully saturated rings. The van der Waals surface area contributed by atoms with Crippen LogP contribution in [0.2, 0.25) is 0 Å². The maximum atomic E-state index is 14.2. The number of carbonyl (C=O) groups excluding carboxylic acids is 1. The van der Waals surface area contributed by atoms with Crippen LogP contribution in [0.4, 0.5) is 15.1 Å². The van der Waals surface area contributed by atoms with Crippen LogP contribution in [0.3, 0.4) is 0 Å². The van der Waals surface area contributed by atoms with E-state index in [1.807, 2.05) is 24.8 Å². The van der Waals surface area contributed by atoms with Gasteiger partial charge in [0, 0.05) is 44.1 Å². The number of likely N-dealkylation sites (tertiary alicyclic amines) is 1. The predicted molar refractivity (Wildman–Crippen MR) is 142 cm³/mol. The van der Waals surface area contributed by atoms with Crippen molar-refractivity contribution in [3.63, 3.8) is 0 Å². The zero-order valence-electron chi connectivity index (χ0n) is 21.7. The van der Waals surface area contributed by atoms with Crippen molar-refractivity contribution in [2.75, 3.05) is 37.7 Å². The molecule has 0 saturated carbocycles. The van der Waals surface area contributed by atoms with Gasteiger partial charge in [-0.25, -0.2) is 19.2 Å². The smallest absolute Gasteiger partial charge is 0.345 e. The van der Waals surface area contributed by atoms with Gasteiger partial charge in [0.2, 0.25) is 5.95 Å². The molecule has 2 aliphatic rings. The van der Waals surface area contributed by atoms with Gasteiger partial charge >= 0.3 is 6.03 Å². The monoisotopic (exact) mass is 511 g/mol. The van der Waals surface area contributed by atoms with Gasteiger partial charge in [-0.3, -0.25) is 0 Å². The summed E-state index contributed by atoms with van der Waals surface area (Å²) in [6.45, 7) is 7.01. The lowest BCUT2D eigenvalue weighted by Crippen LogP contribution is -2.38. The lowest BCUT2D eigenvalue weighted by Gasteiger charge is -2.30. The molecule has 2 aliphatic heterocycles. The summed E-state index contributed by atoms with van der Waals surface area (Å²) in [6.07, 6.45) is 7.25. The first-order valence-electron chi connectivity index (χ1n) is 13.1. The zero-order valence-corrected chi connectivity index (χ0v) is 21.7. The van der Waals surface area contributed by atoms with Crippen LogP contribution in [0.15, 0.2) is 41.7 Å². The third-order valence-electron chi connectivity index (χ3n) is 7.29. The Kier molecular flexibility index (Phi) is 8.91. The lowest BCUT2D eigenvalue weighted by atomic mass is 9.92. The van der Waals surface area contributed by atoms with E-state index in [1.165, 1.54) is 6.07 Å². The maximum absolute atomic E-state index is 14.2. The summed E-state index contributed by atoms with van der Waals surface area (Å²) in [6, 6.07) is 6.37. The number of aliphatic imine (C=N–C) groups is 1. The lowest BCUT2D eigenvalue weighted by molar-refractivity contribution is 0.172. The fourth-order valence-electron chi connectivity index (χ4n) is 4.93. The van der Waals surface area contributed by atoms with E-state index in [-0.39, 0.29) is 29.7 Å². The van der Waals surface area contributed by atoms with E-state index < -0.39 is 0 Å². The van der Waals surface area contributed by atoms with Crippen LogP contribution in [0.25, 0.3) is 0 Å². The van der Waals surface area contributed by atoms with Crippen LogP contribution >= 0.6 is 0 Å². The Bertz CT molecular complexity index is 1070. The zero-order chi connectivity index (χ0) is 26.4. The normalized spacial score (nSPS) is 21.1. The van der Waals surface area contributed by atoms with Gasteiger partial charge in [-0.1, -0.05) is 32.0 Å². The number of benzene rings is 1. The van der Waals surface area contributed by atoms with Crippen LogP contribution in [0.5, 0.6) is 5.75 Å². The first-order valence-corrected chi connectivity index (χ1v) is 13.1. The first kappa shape index (κ1) is 26.8. The molecule has 4 N–H and O–H groups in total. The van der Waals surface area contributed by atoms with Crippen molar-refractivity contribution in [2.45, 2.75) is 51.5 Å². The van der Waals surface area contributed by atoms with Gasteiger partial charge in [0.05, 0.1) is 19.0 Å². The molecule has 3 heterocycles. The van der Waals surface area contributed by atoms with Gasteiger partial charge in [0.1, 0.15) is 11.7 Å². The minimum absolute atomic E-state index is 0.0690. The summed E-state index contributed by atoms with van der Waals surface area (Å²) in [5, 5.41) is 0. The van der Waals surface area contributed by atoms with Gasteiger partial charge < -0.3 is 26.0 Å². The molecule has 2 unspecified atom stereocenters. The van der Waals surface area contributed by atoms with E-state index in [0.717, 1.165) is 25.7 Å². The van der Waals surface area contributed by atoms with Crippen molar-refractivity contribution in [1.29, 1.82) is 0 Å². The summed E-state index contributed by atoms with van der Waals surface area (Å²) < 4.78 is 20.1. The van der Waals surface area contributed by atoms with Gasteiger partial charge in [-0.05, 0) is 43.2 Å². The number of amidine groups is 1. The number of aromatic nitrogens is 2.